The molecule has 0 heterocycles. The summed E-state index contributed by atoms with van der Waals surface area (Å²) in [6.07, 6.45) is 5.05. The minimum absolute atomic E-state index is 0.220. The molecule has 1 aromatic carbocycles. The smallest absolute Gasteiger partial charge is 0.176 e. The third-order valence-corrected chi connectivity index (χ3v) is 3.60. The van der Waals surface area contributed by atoms with Crippen molar-refractivity contribution in [3.8, 4) is 0 Å². The van der Waals surface area contributed by atoms with Gasteiger partial charge >= 0.3 is 0 Å². The van der Waals surface area contributed by atoms with Crippen molar-refractivity contribution in [1.82, 2.24) is 5.32 Å². The zero-order valence-corrected chi connectivity index (χ0v) is 10.8. The third kappa shape index (κ3) is 3.16. The fraction of sp³-hybridized carbons (Fsp3) is 0.533. The van der Waals surface area contributed by atoms with Crippen molar-refractivity contribution < 1.29 is 4.79 Å². The second kappa shape index (κ2) is 5.46. The van der Waals surface area contributed by atoms with Crippen molar-refractivity contribution in [2.75, 3.05) is 6.54 Å². The first-order chi connectivity index (χ1) is 8.16. The van der Waals surface area contributed by atoms with E-state index in [1.165, 1.54) is 25.7 Å². The second-order valence-corrected chi connectivity index (χ2v) is 5.10. The molecule has 17 heavy (non-hydrogen) atoms. The van der Waals surface area contributed by atoms with Gasteiger partial charge in [-0.25, -0.2) is 0 Å². The Labute approximate surface area is 103 Å². The van der Waals surface area contributed by atoms with E-state index in [1.807, 2.05) is 26.0 Å². The molecule has 1 aliphatic rings. The van der Waals surface area contributed by atoms with E-state index in [4.69, 9.17) is 0 Å². The first-order valence-electron chi connectivity index (χ1n) is 6.50. The summed E-state index contributed by atoms with van der Waals surface area (Å²) in [6.45, 7) is 4.51. The maximum Gasteiger partial charge on any atom is 0.176 e. The molecule has 0 atom stereocenters. The molecule has 0 aromatic heterocycles. The number of Topliss-reactive ketones (excluding diaryl/α,β-unsaturated/α-hetero) is 1. The molecule has 1 N–H and O–H groups in total. The zero-order valence-electron chi connectivity index (χ0n) is 10.8. The van der Waals surface area contributed by atoms with Gasteiger partial charge in [-0.15, -0.1) is 0 Å². The van der Waals surface area contributed by atoms with Crippen LogP contribution in [0.15, 0.2) is 18.2 Å². The standard InChI is InChI=1S/C15H21NO/c1-11-7-8-12(2)14(9-11)15(17)10-16-13-5-3-4-6-13/h7-9,13,16H,3-6,10H2,1-2H3. The van der Waals surface area contributed by atoms with Crippen LogP contribution in [0.1, 0.15) is 47.2 Å². The highest BCUT2D eigenvalue weighted by molar-refractivity contribution is 5.99. The van der Waals surface area contributed by atoms with Crippen LogP contribution in [-0.4, -0.2) is 18.4 Å². The maximum atomic E-state index is 12.1. The number of aryl methyl sites for hydroxylation is 2. The van der Waals surface area contributed by atoms with Crippen LogP contribution in [0.4, 0.5) is 0 Å². The van der Waals surface area contributed by atoms with Crippen LogP contribution in [0, 0.1) is 13.8 Å². The molecule has 92 valence electrons. The lowest BCUT2D eigenvalue weighted by atomic mass is 10.0. The van der Waals surface area contributed by atoms with Gasteiger partial charge in [-0.2, -0.15) is 0 Å². The molecule has 2 nitrogen and oxygen atoms in total. The predicted molar refractivity (Wildman–Crippen MR) is 70.5 cm³/mol. The molecule has 1 saturated carbocycles. The molecule has 1 aliphatic carbocycles. The third-order valence-electron chi connectivity index (χ3n) is 3.60. The summed E-state index contributed by atoms with van der Waals surface area (Å²) in [6, 6.07) is 6.63. The van der Waals surface area contributed by atoms with Gasteiger partial charge in [-0.1, -0.05) is 30.5 Å². The summed E-state index contributed by atoms with van der Waals surface area (Å²) in [7, 11) is 0. The highest BCUT2D eigenvalue weighted by atomic mass is 16.1. The second-order valence-electron chi connectivity index (χ2n) is 5.10. The largest absolute Gasteiger partial charge is 0.307 e. The number of rotatable bonds is 4. The number of ketones is 1. The molecule has 2 heteroatoms. The van der Waals surface area contributed by atoms with Gasteiger partial charge in [0.05, 0.1) is 6.54 Å². The van der Waals surface area contributed by atoms with Gasteiger partial charge in [-0.05, 0) is 38.3 Å². The zero-order chi connectivity index (χ0) is 12.3. The summed E-state index contributed by atoms with van der Waals surface area (Å²) < 4.78 is 0. The maximum absolute atomic E-state index is 12.1. The molecule has 0 saturated heterocycles. The summed E-state index contributed by atoms with van der Waals surface area (Å²) in [5, 5.41) is 3.38. The van der Waals surface area contributed by atoms with Crippen molar-refractivity contribution in [2.24, 2.45) is 0 Å². The predicted octanol–water partition coefficient (Wildman–Crippen LogP) is 3.02. The summed E-state index contributed by atoms with van der Waals surface area (Å²) in [4.78, 5) is 12.1. The van der Waals surface area contributed by atoms with E-state index < -0.39 is 0 Å². The molecular weight excluding hydrogens is 210 g/mol. The van der Waals surface area contributed by atoms with Crippen molar-refractivity contribution in [3.05, 3.63) is 34.9 Å². The van der Waals surface area contributed by atoms with Gasteiger partial charge in [0.25, 0.3) is 0 Å². The van der Waals surface area contributed by atoms with Gasteiger partial charge in [-0.3, -0.25) is 4.79 Å². The fourth-order valence-electron chi connectivity index (χ4n) is 2.50. The summed E-state index contributed by atoms with van der Waals surface area (Å²) in [5.74, 6) is 0.220. The molecule has 2 rings (SSSR count). The van der Waals surface area contributed by atoms with Crippen LogP contribution in [0.5, 0.6) is 0 Å². The molecule has 1 fully saturated rings. The lowest BCUT2D eigenvalue weighted by Crippen LogP contribution is -2.31. The monoisotopic (exact) mass is 231 g/mol. The fourth-order valence-corrected chi connectivity index (χ4v) is 2.50. The topological polar surface area (TPSA) is 29.1 Å². The first-order valence-corrected chi connectivity index (χ1v) is 6.50. The van der Waals surface area contributed by atoms with Crippen molar-refractivity contribution in [3.63, 3.8) is 0 Å². The lowest BCUT2D eigenvalue weighted by Gasteiger charge is -2.12. The molecular formula is C15H21NO. The minimum Gasteiger partial charge on any atom is -0.307 e. The molecule has 0 aliphatic heterocycles. The van der Waals surface area contributed by atoms with Crippen LogP contribution in [0.3, 0.4) is 0 Å². The Balaban J connectivity index is 1.96. The highest BCUT2D eigenvalue weighted by Crippen LogP contribution is 2.18. The SMILES string of the molecule is Cc1ccc(C)c(C(=O)CNC2CCCC2)c1. The van der Waals surface area contributed by atoms with Crippen LogP contribution in [-0.2, 0) is 0 Å². The van der Waals surface area contributed by atoms with Crippen molar-refractivity contribution in [1.29, 1.82) is 0 Å². The molecule has 1 aromatic rings. The average Bonchev–Trinajstić information content (AvgIpc) is 2.82. The molecule has 0 radical (unpaired) electrons. The normalized spacial score (nSPS) is 16.4. The van der Waals surface area contributed by atoms with Crippen molar-refractivity contribution in [2.45, 2.75) is 45.6 Å². The van der Waals surface area contributed by atoms with Crippen LogP contribution >= 0.6 is 0 Å². The number of benzene rings is 1. The highest BCUT2D eigenvalue weighted by Gasteiger charge is 2.16. The first kappa shape index (κ1) is 12.3. The van der Waals surface area contributed by atoms with E-state index in [0.29, 0.717) is 12.6 Å². The van der Waals surface area contributed by atoms with Gasteiger partial charge in [0.1, 0.15) is 0 Å². The van der Waals surface area contributed by atoms with Crippen LogP contribution < -0.4 is 5.32 Å². The molecule has 0 amide bonds. The van der Waals surface area contributed by atoms with Crippen molar-refractivity contribution >= 4 is 5.78 Å². The number of hydrogen-bond acceptors (Lipinski definition) is 2. The Bertz CT molecular complexity index is 405. The quantitative estimate of drug-likeness (QED) is 0.807. The molecule has 0 unspecified atom stereocenters. The van der Waals surface area contributed by atoms with E-state index in [0.717, 1.165) is 16.7 Å². The van der Waals surface area contributed by atoms with Gasteiger partial charge < -0.3 is 5.32 Å². The number of hydrogen-bond donors (Lipinski definition) is 1. The van der Waals surface area contributed by atoms with Gasteiger partial charge in [0.15, 0.2) is 5.78 Å². The Morgan fingerprint density at radius 2 is 2.00 bits per heavy atom. The van der Waals surface area contributed by atoms with Gasteiger partial charge in [0, 0.05) is 11.6 Å². The minimum atomic E-state index is 0.220. The Morgan fingerprint density at radius 3 is 2.71 bits per heavy atom. The van der Waals surface area contributed by atoms with E-state index in [9.17, 15) is 4.79 Å². The summed E-state index contributed by atoms with van der Waals surface area (Å²) in [5.41, 5.74) is 3.10. The number of carbonyl (C=O) groups excluding carboxylic acids is 1. The molecule has 0 bridgehead atoms. The Morgan fingerprint density at radius 1 is 1.29 bits per heavy atom. The Hall–Kier alpha value is -1.15. The Kier molecular flexibility index (Phi) is 3.95. The van der Waals surface area contributed by atoms with Gasteiger partial charge in [0.2, 0.25) is 0 Å². The molecule has 0 spiro atoms. The van der Waals surface area contributed by atoms with Crippen LogP contribution in [0.25, 0.3) is 0 Å². The van der Waals surface area contributed by atoms with Crippen LogP contribution in [0.2, 0.25) is 0 Å². The van der Waals surface area contributed by atoms with E-state index in [-0.39, 0.29) is 5.78 Å². The summed E-state index contributed by atoms with van der Waals surface area (Å²) >= 11 is 0. The van der Waals surface area contributed by atoms with E-state index in [1.54, 1.807) is 0 Å². The van der Waals surface area contributed by atoms with E-state index >= 15 is 0 Å². The number of carbonyl (C=O) groups is 1. The number of nitrogens with one attached hydrogen (secondary N) is 1. The average molecular weight is 231 g/mol. The lowest BCUT2D eigenvalue weighted by molar-refractivity contribution is 0.0986. The van der Waals surface area contributed by atoms with E-state index in [2.05, 4.69) is 11.4 Å².